The number of hydrogen-bond donors (Lipinski definition) is 1. The average Bonchev–Trinajstić information content (AvgIpc) is 2.71. The normalized spacial score (nSPS) is 40.9. The van der Waals surface area contributed by atoms with Crippen LogP contribution in [0, 0.1) is 5.92 Å². The zero-order chi connectivity index (χ0) is 10.1. The van der Waals surface area contributed by atoms with Crippen LogP contribution in [0.5, 0.6) is 0 Å². The first kappa shape index (κ1) is 10.4. The first-order valence-electron chi connectivity index (χ1n) is 5.85. The van der Waals surface area contributed by atoms with E-state index in [4.69, 9.17) is 5.73 Å². The summed E-state index contributed by atoms with van der Waals surface area (Å²) in [5.74, 6) is 0.746. The molecule has 0 aromatic carbocycles. The molecule has 14 heavy (non-hydrogen) atoms. The second-order valence-electron chi connectivity index (χ2n) is 5.09. The van der Waals surface area contributed by atoms with Gasteiger partial charge in [-0.3, -0.25) is 4.90 Å². The molecule has 0 aliphatic carbocycles. The van der Waals surface area contributed by atoms with Crippen LogP contribution in [0.4, 0.5) is 0 Å². The van der Waals surface area contributed by atoms with E-state index in [0.717, 1.165) is 24.5 Å². The highest BCUT2D eigenvalue weighted by molar-refractivity contribution is 4.91. The lowest BCUT2D eigenvalue weighted by molar-refractivity contribution is 0.188. The Morgan fingerprint density at radius 1 is 1.36 bits per heavy atom. The van der Waals surface area contributed by atoms with Crippen molar-refractivity contribution in [3.63, 3.8) is 0 Å². The van der Waals surface area contributed by atoms with E-state index in [1.807, 2.05) is 0 Å². The Morgan fingerprint density at radius 3 is 2.64 bits per heavy atom. The van der Waals surface area contributed by atoms with E-state index < -0.39 is 0 Å². The molecule has 2 rings (SSSR count). The van der Waals surface area contributed by atoms with Gasteiger partial charge in [-0.25, -0.2) is 0 Å². The fourth-order valence-corrected chi connectivity index (χ4v) is 3.03. The molecule has 3 nitrogen and oxygen atoms in total. The van der Waals surface area contributed by atoms with Gasteiger partial charge in [0.1, 0.15) is 0 Å². The highest BCUT2D eigenvalue weighted by Crippen LogP contribution is 2.27. The first-order valence-corrected chi connectivity index (χ1v) is 5.85. The summed E-state index contributed by atoms with van der Waals surface area (Å²) in [6.07, 6.45) is 2.65. The van der Waals surface area contributed by atoms with Crippen LogP contribution in [0.2, 0.25) is 0 Å². The molecule has 2 N–H and O–H groups in total. The number of likely N-dealkylation sites (tertiary alicyclic amines) is 2. The number of likely N-dealkylation sites (N-methyl/N-ethyl adjacent to an activating group) is 1. The van der Waals surface area contributed by atoms with Crippen molar-refractivity contribution >= 4 is 0 Å². The topological polar surface area (TPSA) is 32.5 Å². The van der Waals surface area contributed by atoms with E-state index in [-0.39, 0.29) is 0 Å². The number of rotatable bonds is 2. The fourth-order valence-electron chi connectivity index (χ4n) is 3.03. The number of hydrogen-bond acceptors (Lipinski definition) is 3. The van der Waals surface area contributed by atoms with Crippen molar-refractivity contribution in [2.45, 2.75) is 31.8 Å². The standard InChI is InChI=1S/C11H23N3/c1-9-5-10(6-12)7-14(9)11-3-4-13(2)8-11/h9-11H,3-8,12H2,1-2H3. The molecule has 2 aliphatic rings. The lowest BCUT2D eigenvalue weighted by Gasteiger charge is -2.28. The number of nitrogens with zero attached hydrogens (tertiary/aromatic N) is 2. The Kier molecular flexibility index (Phi) is 3.10. The Morgan fingerprint density at radius 2 is 2.14 bits per heavy atom. The van der Waals surface area contributed by atoms with Gasteiger partial charge in [-0.15, -0.1) is 0 Å². The average molecular weight is 197 g/mol. The van der Waals surface area contributed by atoms with E-state index in [0.29, 0.717) is 0 Å². The Bertz CT molecular complexity index is 195. The Balaban J connectivity index is 1.91. The third-order valence-electron chi connectivity index (χ3n) is 3.88. The molecule has 0 aromatic rings. The van der Waals surface area contributed by atoms with Crippen molar-refractivity contribution in [2.75, 3.05) is 33.2 Å². The van der Waals surface area contributed by atoms with Gasteiger partial charge < -0.3 is 10.6 Å². The number of nitrogens with two attached hydrogens (primary N) is 1. The van der Waals surface area contributed by atoms with Crippen LogP contribution in [0.25, 0.3) is 0 Å². The van der Waals surface area contributed by atoms with Crippen LogP contribution in [0.3, 0.4) is 0 Å². The third kappa shape index (κ3) is 1.95. The predicted molar refractivity (Wildman–Crippen MR) is 59.2 cm³/mol. The summed E-state index contributed by atoms with van der Waals surface area (Å²) in [7, 11) is 2.22. The van der Waals surface area contributed by atoms with Crippen LogP contribution in [-0.4, -0.2) is 55.1 Å². The second kappa shape index (κ2) is 4.17. The van der Waals surface area contributed by atoms with E-state index in [1.165, 1.54) is 32.5 Å². The highest BCUT2D eigenvalue weighted by atomic mass is 15.3. The quantitative estimate of drug-likeness (QED) is 0.694. The van der Waals surface area contributed by atoms with Crippen LogP contribution in [-0.2, 0) is 0 Å². The van der Waals surface area contributed by atoms with Gasteiger partial charge in [-0.2, -0.15) is 0 Å². The minimum Gasteiger partial charge on any atom is -0.330 e. The lowest BCUT2D eigenvalue weighted by Crippen LogP contribution is -2.39. The maximum Gasteiger partial charge on any atom is 0.0238 e. The highest BCUT2D eigenvalue weighted by Gasteiger charge is 2.35. The largest absolute Gasteiger partial charge is 0.330 e. The minimum absolute atomic E-state index is 0.746. The molecular formula is C11H23N3. The molecule has 0 bridgehead atoms. The molecule has 3 heteroatoms. The molecule has 3 unspecified atom stereocenters. The molecule has 0 radical (unpaired) electrons. The molecule has 3 atom stereocenters. The van der Waals surface area contributed by atoms with Crippen molar-refractivity contribution in [3.8, 4) is 0 Å². The van der Waals surface area contributed by atoms with Gasteiger partial charge in [-0.05, 0) is 45.8 Å². The van der Waals surface area contributed by atoms with E-state index >= 15 is 0 Å². The molecular weight excluding hydrogens is 174 g/mol. The zero-order valence-electron chi connectivity index (χ0n) is 9.45. The van der Waals surface area contributed by atoms with Gasteiger partial charge in [0.15, 0.2) is 0 Å². The van der Waals surface area contributed by atoms with Gasteiger partial charge >= 0.3 is 0 Å². The summed E-state index contributed by atoms with van der Waals surface area (Å²) < 4.78 is 0. The van der Waals surface area contributed by atoms with Gasteiger partial charge in [0.2, 0.25) is 0 Å². The molecule has 82 valence electrons. The maximum atomic E-state index is 5.75. The summed E-state index contributed by atoms with van der Waals surface area (Å²) in [6, 6.07) is 1.55. The predicted octanol–water partition coefficient (Wildman–Crippen LogP) is 0.360. The molecule has 2 fully saturated rings. The molecule has 2 heterocycles. The van der Waals surface area contributed by atoms with Gasteiger partial charge in [0.25, 0.3) is 0 Å². The summed E-state index contributed by atoms with van der Waals surface area (Å²) in [6.45, 7) is 6.97. The first-order chi connectivity index (χ1) is 6.70. The van der Waals surface area contributed by atoms with E-state index in [9.17, 15) is 0 Å². The lowest BCUT2D eigenvalue weighted by atomic mass is 10.1. The van der Waals surface area contributed by atoms with Crippen LogP contribution in [0.15, 0.2) is 0 Å². The SMILES string of the molecule is CC1CC(CN)CN1C1CCN(C)C1. The van der Waals surface area contributed by atoms with Crippen molar-refractivity contribution in [2.24, 2.45) is 11.7 Å². The smallest absolute Gasteiger partial charge is 0.0238 e. The molecule has 0 aromatic heterocycles. The van der Waals surface area contributed by atoms with E-state index in [2.05, 4.69) is 23.8 Å². The van der Waals surface area contributed by atoms with Crippen LogP contribution in [0.1, 0.15) is 19.8 Å². The molecule has 0 spiro atoms. The molecule has 0 saturated carbocycles. The van der Waals surface area contributed by atoms with Crippen molar-refractivity contribution in [1.82, 2.24) is 9.80 Å². The Hall–Kier alpha value is -0.120. The van der Waals surface area contributed by atoms with Crippen molar-refractivity contribution in [1.29, 1.82) is 0 Å². The summed E-state index contributed by atoms with van der Waals surface area (Å²) >= 11 is 0. The zero-order valence-corrected chi connectivity index (χ0v) is 9.45. The van der Waals surface area contributed by atoms with Gasteiger partial charge in [-0.1, -0.05) is 0 Å². The monoisotopic (exact) mass is 197 g/mol. The minimum atomic E-state index is 0.746. The van der Waals surface area contributed by atoms with Crippen LogP contribution >= 0.6 is 0 Å². The molecule has 2 saturated heterocycles. The second-order valence-corrected chi connectivity index (χ2v) is 5.09. The molecule has 2 aliphatic heterocycles. The van der Waals surface area contributed by atoms with Gasteiger partial charge in [0, 0.05) is 25.2 Å². The Labute approximate surface area is 87.2 Å². The molecule has 0 amide bonds. The summed E-state index contributed by atoms with van der Waals surface area (Å²) in [4.78, 5) is 5.12. The van der Waals surface area contributed by atoms with Crippen molar-refractivity contribution < 1.29 is 0 Å². The fraction of sp³-hybridized carbons (Fsp3) is 1.00. The van der Waals surface area contributed by atoms with E-state index in [1.54, 1.807) is 0 Å². The third-order valence-corrected chi connectivity index (χ3v) is 3.88. The van der Waals surface area contributed by atoms with Gasteiger partial charge in [0.05, 0.1) is 0 Å². The summed E-state index contributed by atoms with van der Waals surface area (Å²) in [5, 5.41) is 0. The summed E-state index contributed by atoms with van der Waals surface area (Å²) in [5.41, 5.74) is 5.75. The maximum absolute atomic E-state index is 5.75. The van der Waals surface area contributed by atoms with Crippen molar-refractivity contribution in [3.05, 3.63) is 0 Å². The van der Waals surface area contributed by atoms with Crippen LogP contribution < -0.4 is 5.73 Å².